The van der Waals surface area contributed by atoms with Crippen molar-refractivity contribution in [3.63, 3.8) is 0 Å². The number of alkyl halides is 3. The molecule has 1 aromatic carbocycles. The summed E-state index contributed by atoms with van der Waals surface area (Å²) in [6.07, 6.45) is -0.256. The molecule has 4 nitrogen and oxygen atoms in total. The molecule has 1 fully saturated rings. The van der Waals surface area contributed by atoms with Crippen LogP contribution in [0.25, 0.3) is 0 Å². The first-order valence-corrected chi connectivity index (χ1v) is 9.28. The second kappa shape index (κ2) is 9.80. The maximum atomic E-state index is 12.6. The summed E-state index contributed by atoms with van der Waals surface area (Å²) >= 11 is 0. The van der Waals surface area contributed by atoms with Gasteiger partial charge in [-0.25, -0.2) is 0 Å². The van der Waals surface area contributed by atoms with Crippen molar-refractivity contribution >= 4 is 5.96 Å². The second-order valence-corrected chi connectivity index (χ2v) is 6.70. The Bertz CT molecular complexity index is 561. The van der Waals surface area contributed by atoms with E-state index in [4.69, 9.17) is 0 Å². The summed E-state index contributed by atoms with van der Waals surface area (Å²) < 4.78 is 37.7. The SMILES string of the molecule is CCCN1CCC(NC(=NC)NCCc2ccc(C(F)(F)F)cc2)CC1. The van der Waals surface area contributed by atoms with E-state index in [1.807, 2.05) is 0 Å². The van der Waals surface area contributed by atoms with Crippen molar-refractivity contribution in [1.82, 2.24) is 15.5 Å². The summed E-state index contributed by atoms with van der Waals surface area (Å²) in [6.45, 7) is 6.20. The monoisotopic (exact) mass is 370 g/mol. The maximum absolute atomic E-state index is 12.6. The van der Waals surface area contributed by atoms with Crippen LogP contribution in [0.15, 0.2) is 29.3 Å². The third-order valence-corrected chi connectivity index (χ3v) is 4.68. The summed E-state index contributed by atoms with van der Waals surface area (Å²) in [6, 6.07) is 5.74. The summed E-state index contributed by atoms with van der Waals surface area (Å²) in [5.41, 5.74) is 0.259. The highest BCUT2D eigenvalue weighted by Crippen LogP contribution is 2.29. The van der Waals surface area contributed by atoms with Gasteiger partial charge < -0.3 is 15.5 Å². The second-order valence-electron chi connectivity index (χ2n) is 6.70. The lowest BCUT2D eigenvalue weighted by molar-refractivity contribution is -0.137. The van der Waals surface area contributed by atoms with Crippen molar-refractivity contribution in [2.75, 3.05) is 33.2 Å². The molecule has 0 atom stereocenters. The fraction of sp³-hybridized carbons (Fsp3) is 0.632. The van der Waals surface area contributed by atoms with Gasteiger partial charge in [0.1, 0.15) is 0 Å². The zero-order valence-electron chi connectivity index (χ0n) is 15.6. The van der Waals surface area contributed by atoms with Gasteiger partial charge >= 0.3 is 6.18 Å². The Hall–Kier alpha value is -1.76. The molecule has 0 aliphatic carbocycles. The third kappa shape index (κ3) is 6.52. The van der Waals surface area contributed by atoms with Crippen LogP contribution < -0.4 is 10.6 Å². The predicted molar refractivity (Wildman–Crippen MR) is 99.4 cm³/mol. The molecule has 0 aromatic heterocycles. The van der Waals surface area contributed by atoms with Crippen molar-refractivity contribution in [1.29, 1.82) is 0 Å². The van der Waals surface area contributed by atoms with E-state index < -0.39 is 11.7 Å². The smallest absolute Gasteiger partial charge is 0.356 e. The van der Waals surface area contributed by atoms with Gasteiger partial charge in [-0.3, -0.25) is 4.99 Å². The van der Waals surface area contributed by atoms with E-state index in [-0.39, 0.29) is 0 Å². The number of benzene rings is 1. The number of piperidine rings is 1. The Kier molecular flexibility index (Phi) is 7.75. The Morgan fingerprint density at radius 2 is 1.85 bits per heavy atom. The fourth-order valence-electron chi connectivity index (χ4n) is 3.19. The normalized spacial score (nSPS) is 17.3. The Morgan fingerprint density at radius 1 is 1.19 bits per heavy atom. The van der Waals surface area contributed by atoms with Crippen molar-refractivity contribution in [3.8, 4) is 0 Å². The quantitative estimate of drug-likeness (QED) is 0.596. The molecule has 146 valence electrons. The summed E-state index contributed by atoms with van der Waals surface area (Å²) in [5, 5.41) is 6.70. The first-order valence-electron chi connectivity index (χ1n) is 9.28. The van der Waals surface area contributed by atoms with Gasteiger partial charge in [-0.15, -0.1) is 0 Å². The molecule has 2 N–H and O–H groups in total. The lowest BCUT2D eigenvalue weighted by Crippen LogP contribution is -2.49. The molecule has 1 aromatic rings. The summed E-state index contributed by atoms with van der Waals surface area (Å²) in [5.74, 6) is 0.755. The van der Waals surface area contributed by atoms with Crippen LogP contribution >= 0.6 is 0 Å². The van der Waals surface area contributed by atoms with Gasteiger partial charge in [0.25, 0.3) is 0 Å². The number of likely N-dealkylation sites (tertiary alicyclic amines) is 1. The van der Waals surface area contributed by atoms with Crippen LogP contribution in [-0.4, -0.2) is 50.1 Å². The van der Waals surface area contributed by atoms with Crippen molar-refractivity contribution in [3.05, 3.63) is 35.4 Å². The number of rotatable bonds is 6. The number of guanidine groups is 1. The molecule has 0 spiro atoms. The topological polar surface area (TPSA) is 39.7 Å². The minimum atomic E-state index is -4.28. The molecule has 7 heteroatoms. The first kappa shape index (κ1) is 20.6. The van der Waals surface area contributed by atoms with Gasteiger partial charge in [-0.1, -0.05) is 19.1 Å². The van der Waals surface area contributed by atoms with Gasteiger partial charge in [-0.2, -0.15) is 13.2 Å². The number of aliphatic imine (C=N–C) groups is 1. The standard InChI is InChI=1S/C19H29F3N4/c1-3-12-26-13-9-17(10-14-26)25-18(23-2)24-11-8-15-4-6-16(7-5-15)19(20,21)22/h4-7,17H,3,8-14H2,1-2H3,(H2,23,24,25). The lowest BCUT2D eigenvalue weighted by Gasteiger charge is -2.32. The van der Waals surface area contributed by atoms with Gasteiger partial charge in [0.15, 0.2) is 5.96 Å². The molecular formula is C19H29F3N4. The van der Waals surface area contributed by atoms with E-state index in [0.29, 0.717) is 19.0 Å². The number of hydrogen-bond acceptors (Lipinski definition) is 2. The number of nitrogens with zero attached hydrogens (tertiary/aromatic N) is 2. The van der Waals surface area contributed by atoms with Crippen molar-refractivity contribution in [2.45, 2.75) is 44.8 Å². The average Bonchev–Trinajstić information content (AvgIpc) is 2.62. The average molecular weight is 370 g/mol. The Morgan fingerprint density at radius 3 is 2.38 bits per heavy atom. The van der Waals surface area contributed by atoms with Crippen molar-refractivity contribution in [2.24, 2.45) is 4.99 Å². The Labute approximate surface area is 153 Å². The number of halogens is 3. The molecule has 0 saturated carbocycles. The van der Waals surface area contributed by atoms with Crippen molar-refractivity contribution < 1.29 is 13.2 Å². The van der Waals surface area contributed by atoms with Crippen LogP contribution in [0.4, 0.5) is 13.2 Å². The molecule has 0 radical (unpaired) electrons. The van der Waals surface area contributed by atoms with Gasteiger partial charge in [0, 0.05) is 32.7 Å². The number of nitrogens with one attached hydrogen (secondary N) is 2. The van der Waals surface area contributed by atoms with E-state index in [1.165, 1.54) is 18.6 Å². The van der Waals surface area contributed by atoms with Crippen LogP contribution in [0, 0.1) is 0 Å². The Balaban J connectivity index is 1.72. The van der Waals surface area contributed by atoms with E-state index in [2.05, 4.69) is 27.4 Å². The molecule has 2 rings (SSSR count). The molecule has 1 aliphatic rings. The molecule has 1 saturated heterocycles. The van der Waals surface area contributed by atoms with E-state index in [9.17, 15) is 13.2 Å². The number of hydrogen-bond donors (Lipinski definition) is 2. The maximum Gasteiger partial charge on any atom is 0.416 e. The molecular weight excluding hydrogens is 341 g/mol. The van der Waals surface area contributed by atoms with Gasteiger partial charge in [-0.05, 0) is 49.9 Å². The molecule has 1 aliphatic heterocycles. The lowest BCUT2D eigenvalue weighted by atomic mass is 10.1. The van der Waals surface area contributed by atoms with Crippen LogP contribution in [-0.2, 0) is 12.6 Å². The first-order chi connectivity index (χ1) is 12.4. The molecule has 0 amide bonds. The highest BCUT2D eigenvalue weighted by Gasteiger charge is 2.29. The van der Waals surface area contributed by atoms with E-state index >= 15 is 0 Å². The fourth-order valence-corrected chi connectivity index (χ4v) is 3.19. The minimum absolute atomic E-state index is 0.417. The van der Waals surface area contributed by atoms with E-state index in [0.717, 1.165) is 56.1 Å². The van der Waals surface area contributed by atoms with Crippen LogP contribution in [0.1, 0.15) is 37.3 Å². The molecule has 1 heterocycles. The highest BCUT2D eigenvalue weighted by molar-refractivity contribution is 5.79. The highest BCUT2D eigenvalue weighted by atomic mass is 19.4. The van der Waals surface area contributed by atoms with Gasteiger partial charge in [0.2, 0.25) is 0 Å². The van der Waals surface area contributed by atoms with Crippen LogP contribution in [0.2, 0.25) is 0 Å². The van der Waals surface area contributed by atoms with Crippen LogP contribution in [0.5, 0.6) is 0 Å². The van der Waals surface area contributed by atoms with Gasteiger partial charge in [0.05, 0.1) is 5.56 Å². The zero-order valence-corrected chi connectivity index (χ0v) is 15.6. The third-order valence-electron chi connectivity index (χ3n) is 4.68. The summed E-state index contributed by atoms with van der Waals surface area (Å²) in [7, 11) is 1.74. The predicted octanol–water partition coefficient (Wildman–Crippen LogP) is 3.29. The molecule has 26 heavy (non-hydrogen) atoms. The minimum Gasteiger partial charge on any atom is -0.356 e. The largest absolute Gasteiger partial charge is 0.416 e. The van der Waals surface area contributed by atoms with Crippen LogP contribution in [0.3, 0.4) is 0 Å². The zero-order chi connectivity index (χ0) is 19.0. The van der Waals surface area contributed by atoms with E-state index in [1.54, 1.807) is 7.05 Å². The molecule has 0 unspecified atom stereocenters. The summed E-state index contributed by atoms with van der Waals surface area (Å²) in [4.78, 5) is 6.73. The molecule has 0 bridgehead atoms.